The van der Waals surface area contributed by atoms with Gasteiger partial charge in [-0.1, -0.05) is 0 Å². The van der Waals surface area contributed by atoms with Gasteiger partial charge in [-0.2, -0.15) is 0 Å². The molecule has 0 saturated carbocycles. The molecule has 0 unspecified atom stereocenters. The maximum Gasteiger partial charge on any atom is 0.353 e. The molecule has 1 heterocycles. The molecule has 1 aliphatic heterocycles. The highest BCUT2D eigenvalue weighted by atomic mass is 19.3. The van der Waals surface area contributed by atoms with Crippen LogP contribution in [0.25, 0.3) is 0 Å². The summed E-state index contributed by atoms with van der Waals surface area (Å²) in [6.07, 6.45) is -2.85. The summed E-state index contributed by atoms with van der Waals surface area (Å²) in [6, 6.07) is 1.81. The molecule has 0 amide bonds. The molecule has 96 valence electrons. The second kappa shape index (κ2) is 4.80. The minimum atomic E-state index is -2.80. The average Bonchev–Trinajstić information content (AvgIpc) is 2.71. The number of benzene rings is 1. The zero-order valence-corrected chi connectivity index (χ0v) is 9.54. The fourth-order valence-corrected chi connectivity index (χ4v) is 1.81. The first kappa shape index (κ1) is 12.6. The maximum absolute atomic E-state index is 13.1. The summed E-state index contributed by atoms with van der Waals surface area (Å²) in [6.45, 7) is 1.80. The Kier molecular flexibility index (Phi) is 3.36. The Hall–Kier alpha value is -1.85. The van der Waals surface area contributed by atoms with Crippen molar-refractivity contribution in [2.75, 3.05) is 6.61 Å². The van der Waals surface area contributed by atoms with Gasteiger partial charge in [0.1, 0.15) is 11.5 Å². The molecule has 0 radical (unpaired) electrons. The minimum Gasteiger partial charge on any atom is -0.461 e. The van der Waals surface area contributed by atoms with E-state index < -0.39 is 23.8 Å². The van der Waals surface area contributed by atoms with Crippen LogP contribution in [0.1, 0.15) is 24.5 Å². The van der Waals surface area contributed by atoms with E-state index in [1.807, 2.05) is 0 Å². The third-order valence-electron chi connectivity index (χ3n) is 2.57. The van der Waals surface area contributed by atoms with Gasteiger partial charge in [-0.15, -0.1) is 0 Å². The van der Waals surface area contributed by atoms with Crippen LogP contribution in [0.3, 0.4) is 0 Å². The second-order valence-electron chi connectivity index (χ2n) is 3.75. The van der Waals surface area contributed by atoms with Crippen LogP contribution in [0.2, 0.25) is 0 Å². The van der Waals surface area contributed by atoms with Crippen LogP contribution in [0.15, 0.2) is 17.1 Å². The molecule has 2 rings (SSSR count). The summed E-state index contributed by atoms with van der Waals surface area (Å²) in [5.74, 6) is -1.45. The molecule has 0 aromatic heterocycles. The molecule has 0 bridgehead atoms. The predicted octanol–water partition coefficient (Wildman–Crippen LogP) is 2.96. The zero-order chi connectivity index (χ0) is 13.3. The standard InChI is InChI=1S/C12H10F3NO2/c1-2-18-12(17)10-5-7-8(11(14)15)3-6(13)4-9(7)16-10/h3-4,11H,2,5H2,1H3. The van der Waals surface area contributed by atoms with Crippen molar-refractivity contribution >= 4 is 17.4 Å². The van der Waals surface area contributed by atoms with Crippen LogP contribution in [-0.2, 0) is 16.0 Å². The summed E-state index contributed by atoms with van der Waals surface area (Å²) in [5, 5.41) is 0. The van der Waals surface area contributed by atoms with Crippen LogP contribution < -0.4 is 0 Å². The number of hydrogen-bond acceptors (Lipinski definition) is 3. The van der Waals surface area contributed by atoms with Gasteiger partial charge in [0, 0.05) is 12.0 Å². The van der Waals surface area contributed by atoms with Crippen molar-refractivity contribution < 1.29 is 22.7 Å². The molecule has 1 aromatic rings. The number of fused-ring (bicyclic) bond motifs is 1. The van der Waals surface area contributed by atoms with Crippen molar-refractivity contribution in [1.29, 1.82) is 0 Å². The van der Waals surface area contributed by atoms with Crippen LogP contribution in [0, 0.1) is 5.82 Å². The fraction of sp³-hybridized carbons (Fsp3) is 0.333. The predicted molar refractivity (Wildman–Crippen MR) is 58.8 cm³/mol. The van der Waals surface area contributed by atoms with E-state index in [9.17, 15) is 18.0 Å². The monoisotopic (exact) mass is 257 g/mol. The average molecular weight is 257 g/mol. The first-order valence-electron chi connectivity index (χ1n) is 5.38. The summed E-state index contributed by atoms with van der Waals surface area (Å²) in [4.78, 5) is 15.3. The van der Waals surface area contributed by atoms with Gasteiger partial charge in [-0.3, -0.25) is 0 Å². The normalized spacial score (nSPS) is 13.5. The fourth-order valence-electron chi connectivity index (χ4n) is 1.81. The van der Waals surface area contributed by atoms with E-state index in [4.69, 9.17) is 4.74 Å². The molecule has 6 heteroatoms. The molecular formula is C12H10F3NO2. The SMILES string of the molecule is CCOC(=O)C1=Nc2cc(F)cc(C(F)F)c2C1. The number of esters is 1. The highest BCUT2D eigenvalue weighted by molar-refractivity contribution is 6.38. The Morgan fingerprint density at radius 1 is 1.50 bits per heavy atom. The van der Waals surface area contributed by atoms with E-state index in [1.165, 1.54) is 0 Å². The van der Waals surface area contributed by atoms with Crippen molar-refractivity contribution in [3.8, 4) is 0 Å². The molecule has 0 saturated heterocycles. The van der Waals surface area contributed by atoms with Gasteiger partial charge < -0.3 is 4.74 Å². The molecule has 3 nitrogen and oxygen atoms in total. The van der Waals surface area contributed by atoms with Crippen molar-refractivity contribution in [1.82, 2.24) is 0 Å². The number of ether oxygens (including phenoxy) is 1. The lowest BCUT2D eigenvalue weighted by Crippen LogP contribution is -2.17. The Bertz CT molecular complexity index is 526. The van der Waals surface area contributed by atoms with E-state index in [0.29, 0.717) is 0 Å². The lowest BCUT2D eigenvalue weighted by Gasteiger charge is -2.06. The smallest absolute Gasteiger partial charge is 0.353 e. The highest BCUT2D eigenvalue weighted by Crippen LogP contribution is 2.35. The molecule has 18 heavy (non-hydrogen) atoms. The Morgan fingerprint density at radius 3 is 2.83 bits per heavy atom. The number of nitrogens with zero attached hydrogens (tertiary/aromatic N) is 1. The van der Waals surface area contributed by atoms with E-state index in [-0.39, 0.29) is 30.0 Å². The van der Waals surface area contributed by atoms with Gasteiger partial charge in [0.25, 0.3) is 6.43 Å². The first-order valence-corrected chi connectivity index (χ1v) is 5.38. The Balaban J connectivity index is 2.36. The van der Waals surface area contributed by atoms with E-state index in [1.54, 1.807) is 6.92 Å². The molecule has 0 N–H and O–H groups in total. The lowest BCUT2D eigenvalue weighted by atomic mass is 10.0. The molecule has 0 spiro atoms. The summed E-state index contributed by atoms with van der Waals surface area (Å²) in [5.41, 5.74) is -0.129. The van der Waals surface area contributed by atoms with E-state index in [2.05, 4.69) is 4.99 Å². The first-order chi connectivity index (χ1) is 8.52. The number of halogens is 3. The van der Waals surface area contributed by atoms with E-state index in [0.717, 1.165) is 12.1 Å². The van der Waals surface area contributed by atoms with Gasteiger partial charge in [0.2, 0.25) is 0 Å². The molecular weight excluding hydrogens is 247 g/mol. The van der Waals surface area contributed by atoms with E-state index >= 15 is 0 Å². The van der Waals surface area contributed by atoms with Crippen LogP contribution in [0.4, 0.5) is 18.9 Å². The van der Waals surface area contributed by atoms with Crippen molar-refractivity contribution in [2.45, 2.75) is 19.8 Å². The van der Waals surface area contributed by atoms with Crippen molar-refractivity contribution in [2.24, 2.45) is 4.99 Å². The van der Waals surface area contributed by atoms with Crippen molar-refractivity contribution in [3.05, 3.63) is 29.1 Å². The summed E-state index contributed by atoms with van der Waals surface area (Å²) >= 11 is 0. The highest BCUT2D eigenvalue weighted by Gasteiger charge is 2.27. The Labute approximate surface area is 101 Å². The second-order valence-corrected chi connectivity index (χ2v) is 3.75. The number of hydrogen-bond donors (Lipinski definition) is 0. The van der Waals surface area contributed by atoms with Crippen LogP contribution in [0.5, 0.6) is 0 Å². The third-order valence-corrected chi connectivity index (χ3v) is 2.57. The summed E-state index contributed by atoms with van der Waals surface area (Å²) in [7, 11) is 0. The van der Waals surface area contributed by atoms with Gasteiger partial charge >= 0.3 is 5.97 Å². The topological polar surface area (TPSA) is 38.7 Å². The molecule has 0 atom stereocenters. The molecule has 1 aromatic carbocycles. The quantitative estimate of drug-likeness (QED) is 0.781. The van der Waals surface area contributed by atoms with Gasteiger partial charge in [-0.25, -0.2) is 23.0 Å². The number of carbonyl (C=O) groups is 1. The van der Waals surface area contributed by atoms with Crippen LogP contribution >= 0.6 is 0 Å². The minimum absolute atomic E-state index is 0.0272. The van der Waals surface area contributed by atoms with Crippen LogP contribution in [-0.4, -0.2) is 18.3 Å². The molecule has 0 fully saturated rings. The maximum atomic E-state index is 13.1. The Morgan fingerprint density at radius 2 is 2.22 bits per heavy atom. The molecule has 1 aliphatic rings. The number of aliphatic imine (C=N–C) groups is 1. The number of alkyl halides is 2. The van der Waals surface area contributed by atoms with Gasteiger partial charge in [0.15, 0.2) is 0 Å². The molecule has 0 aliphatic carbocycles. The number of rotatable bonds is 3. The van der Waals surface area contributed by atoms with Gasteiger partial charge in [-0.05, 0) is 24.6 Å². The number of carbonyl (C=O) groups excluding carboxylic acids is 1. The van der Waals surface area contributed by atoms with Gasteiger partial charge in [0.05, 0.1) is 12.3 Å². The largest absolute Gasteiger partial charge is 0.461 e. The third kappa shape index (κ3) is 2.23. The summed E-state index contributed by atoms with van der Waals surface area (Å²) < 4.78 is 43.4. The van der Waals surface area contributed by atoms with Crippen molar-refractivity contribution in [3.63, 3.8) is 0 Å². The zero-order valence-electron chi connectivity index (χ0n) is 9.54. The lowest BCUT2D eigenvalue weighted by molar-refractivity contribution is -0.135.